The number of rotatable bonds is 8. The van der Waals surface area contributed by atoms with E-state index >= 15 is 0 Å². The molecule has 1 fully saturated rings. The van der Waals surface area contributed by atoms with Gasteiger partial charge in [0.15, 0.2) is 0 Å². The number of hydrogen-bond acceptors (Lipinski definition) is 3. The molecule has 2 N–H and O–H groups in total. The fourth-order valence-corrected chi connectivity index (χ4v) is 2.45. The van der Waals surface area contributed by atoms with Crippen molar-refractivity contribution < 1.29 is 14.7 Å². The first kappa shape index (κ1) is 15.5. The highest BCUT2D eigenvalue weighted by Crippen LogP contribution is 2.35. The maximum absolute atomic E-state index is 11.9. The molecular weight excluding hydrogens is 268 g/mol. The van der Waals surface area contributed by atoms with Gasteiger partial charge in [0.05, 0.1) is 6.54 Å². The molecule has 5 nitrogen and oxygen atoms in total. The molecule has 1 amide bonds. The van der Waals surface area contributed by atoms with Crippen molar-refractivity contribution in [1.82, 2.24) is 10.2 Å². The average Bonchev–Trinajstić information content (AvgIpc) is 3.29. The number of nitrogens with one attached hydrogen (secondary N) is 1. The van der Waals surface area contributed by atoms with Gasteiger partial charge in [-0.3, -0.25) is 14.5 Å². The number of carboxylic acid groups (broad SMARTS) is 1. The third kappa shape index (κ3) is 5.19. The predicted octanol–water partition coefficient (Wildman–Crippen LogP) is 1.49. The maximum atomic E-state index is 11.9. The topological polar surface area (TPSA) is 69.6 Å². The minimum Gasteiger partial charge on any atom is -0.480 e. The van der Waals surface area contributed by atoms with Gasteiger partial charge in [-0.05, 0) is 31.2 Å². The summed E-state index contributed by atoms with van der Waals surface area (Å²) in [5, 5.41) is 11.0. The third-order valence-electron chi connectivity index (χ3n) is 3.89. The SMILES string of the molecule is CC(C1CC1)N(CC(=O)NCC(=O)O)Cc1ccccc1. The van der Waals surface area contributed by atoms with Crippen LogP contribution in [0, 0.1) is 5.92 Å². The van der Waals surface area contributed by atoms with Crippen molar-refractivity contribution >= 4 is 11.9 Å². The third-order valence-corrected chi connectivity index (χ3v) is 3.89. The Bertz CT molecular complexity index is 486. The summed E-state index contributed by atoms with van der Waals surface area (Å²) in [6, 6.07) is 10.4. The maximum Gasteiger partial charge on any atom is 0.322 e. The summed E-state index contributed by atoms with van der Waals surface area (Å²) in [6.45, 7) is 2.76. The number of carbonyl (C=O) groups excluding carboxylic acids is 1. The summed E-state index contributed by atoms with van der Waals surface area (Å²) >= 11 is 0. The molecule has 1 saturated carbocycles. The van der Waals surface area contributed by atoms with Crippen LogP contribution in [0.25, 0.3) is 0 Å². The summed E-state index contributed by atoms with van der Waals surface area (Å²) in [5.41, 5.74) is 1.16. The molecule has 21 heavy (non-hydrogen) atoms. The summed E-state index contributed by atoms with van der Waals surface area (Å²) in [7, 11) is 0. The van der Waals surface area contributed by atoms with Gasteiger partial charge < -0.3 is 10.4 Å². The second-order valence-corrected chi connectivity index (χ2v) is 5.64. The molecule has 1 aliphatic rings. The first-order chi connectivity index (χ1) is 10.1. The lowest BCUT2D eigenvalue weighted by molar-refractivity contribution is -0.138. The molecule has 1 atom stereocenters. The van der Waals surface area contributed by atoms with Crippen LogP contribution in [0.15, 0.2) is 30.3 Å². The largest absolute Gasteiger partial charge is 0.480 e. The monoisotopic (exact) mass is 290 g/mol. The summed E-state index contributed by atoms with van der Waals surface area (Å²) < 4.78 is 0. The van der Waals surface area contributed by atoms with Crippen molar-refractivity contribution in [1.29, 1.82) is 0 Å². The van der Waals surface area contributed by atoms with Crippen molar-refractivity contribution in [3.05, 3.63) is 35.9 Å². The molecule has 1 unspecified atom stereocenters. The van der Waals surface area contributed by atoms with Gasteiger partial charge in [0.1, 0.15) is 6.54 Å². The first-order valence-corrected chi connectivity index (χ1v) is 7.32. The van der Waals surface area contributed by atoms with E-state index in [2.05, 4.69) is 17.1 Å². The van der Waals surface area contributed by atoms with Crippen LogP contribution in [0.3, 0.4) is 0 Å². The van der Waals surface area contributed by atoms with E-state index in [0.717, 1.165) is 5.56 Å². The number of amides is 1. The molecule has 0 spiro atoms. The zero-order valence-electron chi connectivity index (χ0n) is 12.3. The minimum absolute atomic E-state index is 0.235. The van der Waals surface area contributed by atoms with Crippen molar-refractivity contribution in [2.45, 2.75) is 32.4 Å². The van der Waals surface area contributed by atoms with Crippen LogP contribution in [0.5, 0.6) is 0 Å². The normalized spacial score (nSPS) is 15.7. The fraction of sp³-hybridized carbons (Fsp3) is 0.500. The van der Waals surface area contributed by atoms with E-state index in [1.165, 1.54) is 12.8 Å². The molecule has 114 valence electrons. The summed E-state index contributed by atoms with van der Waals surface area (Å²) in [4.78, 5) is 24.5. The van der Waals surface area contributed by atoms with Crippen molar-refractivity contribution in [2.24, 2.45) is 5.92 Å². The Morgan fingerprint density at radius 3 is 2.57 bits per heavy atom. The quantitative estimate of drug-likeness (QED) is 0.761. The number of hydrogen-bond donors (Lipinski definition) is 2. The zero-order chi connectivity index (χ0) is 15.2. The molecule has 0 saturated heterocycles. The van der Waals surface area contributed by atoms with E-state index in [0.29, 0.717) is 18.5 Å². The number of benzene rings is 1. The van der Waals surface area contributed by atoms with Crippen molar-refractivity contribution in [2.75, 3.05) is 13.1 Å². The summed E-state index contributed by atoms with van der Waals surface area (Å²) in [5.74, 6) is -0.602. The van der Waals surface area contributed by atoms with Crippen LogP contribution in [0.2, 0.25) is 0 Å². The van der Waals surface area contributed by atoms with E-state index in [1.807, 2.05) is 30.3 Å². The molecule has 5 heteroatoms. The lowest BCUT2D eigenvalue weighted by atomic mass is 10.1. The predicted molar refractivity (Wildman–Crippen MR) is 79.7 cm³/mol. The second kappa shape index (κ2) is 7.22. The van der Waals surface area contributed by atoms with Crippen LogP contribution in [0.4, 0.5) is 0 Å². The van der Waals surface area contributed by atoms with Gasteiger partial charge in [-0.1, -0.05) is 30.3 Å². The molecular formula is C16H22N2O3. The lowest BCUT2D eigenvalue weighted by Gasteiger charge is -2.28. The highest BCUT2D eigenvalue weighted by molar-refractivity contribution is 5.82. The van der Waals surface area contributed by atoms with Gasteiger partial charge in [-0.25, -0.2) is 0 Å². The Balaban J connectivity index is 1.95. The van der Waals surface area contributed by atoms with Gasteiger partial charge in [-0.2, -0.15) is 0 Å². The molecule has 1 aromatic rings. The zero-order valence-corrected chi connectivity index (χ0v) is 12.3. The van der Waals surface area contributed by atoms with Gasteiger partial charge in [-0.15, -0.1) is 0 Å². The molecule has 0 radical (unpaired) electrons. The van der Waals surface area contributed by atoms with Gasteiger partial charge in [0, 0.05) is 12.6 Å². The number of carboxylic acids is 1. The van der Waals surface area contributed by atoms with Gasteiger partial charge in [0.25, 0.3) is 0 Å². The van der Waals surface area contributed by atoms with Gasteiger partial charge in [0.2, 0.25) is 5.91 Å². The van der Waals surface area contributed by atoms with Crippen LogP contribution < -0.4 is 5.32 Å². The Morgan fingerprint density at radius 1 is 1.33 bits per heavy atom. The van der Waals surface area contributed by atoms with Crippen molar-refractivity contribution in [3.8, 4) is 0 Å². The smallest absolute Gasteiger partial charge is 0.322 e. The van der Waals surface area contributed by atoms with E-state index in [1.54, 1.807) is 0 Å². The van der Waals surface area contributed by atoms with Crippen molar-refractivity contribution in [3.63, 3.8) is 0 Å². The fourth-order valence-electron chi connectivity index (χ4n) is 2.45. The van der Waals surface area contributed by atoms with Crippen LogP contribution in [-0.2, 0) is 16.1 Å². The number of aliphatic carboxylic acids is 1. The van der Waals surface area contributed by atoms with E-state index in [4.69, 9.17) is 5.11 Å². The average molecular weight is 290 g/mol. The highest BCUT2D eigenvalue weighted by atomic mass is 16.4. The van der Waals surface area contributed by atoms with E-state index < -0.39 is 5.97 Å². The Kier molecular flexibility index (Phi) is 5.33. The Labute approximate surface area is 125 Å². The highest BCUT2D eigenvalue weighted by Gasteiger charge is 2.32. The molecule has 1 aliphatic carbocycles. The van der Waals surface area contributed by atoms with Gasteiger partial charge >= 0.3 is 5.97 Å². The second-order valence-electron chi connectivity index (χ2n) is 5.64. The molecule has 0 bridgehead atoms. The molecule has 0 aliphatic heterocycles. The first-order valence-electron chi connectivity index (χ1n) is 7.32. The van der Waals surface area contributed by atoms with Crippen LogP contribution in [-0.4, -0.2) is 41.0 Å². The molecule has 0 aromatic heterocycles. The van der Waals surface area contributed by atoms with Crippen LogP contribution in [0.1, 0.15) is 25.3 Å². The Hall–Kier alpha value is -1.88. The Morgan fingerprint density at radius 2 is 2.00 bits per heavy atom. The number of nitrogens with zero attached hydrogens (tertiary/aromatic N) is 1. The standard InChI is InChI=1S/C16H22N2O3/c1-12(14-7-8-14)18(10-13-5-3-2-4-6-13)11-15(19)17-9-16(20)21/h2-6,12,14H,7-11H2,1H3,(H,17,19)(H,20,21). The van der Waals surface area contributed by atoms with Crippen LogP contribution >= 0.6 is 0 Å². The molecule has 1 aromatic carbocycles. The number of carbonyl (C=O) groups is 2. The minimum atomic E-state index is -1.02. The molecule has 2 rings (SSSR count). The van der Waals surface area contributed by atoms with E-state index in [-0.39, 0.29) is 19.0 Å². The van der Waals surface area contributed by atoms with E-state index in [9.17, 15) is 9.59 Å². The molecule has 0 heterocycles. The lowest BCUT2D eigenvalue weighted by Crippen LogP contribution is -2.43. The summed E-state index contributed by atoms with van der Waals surface area (Å²) in [6.07, 6.45) is 2.42.